The molecule has 1 aromatic heterocycles. The maximum Gasteiger partial charge on any atom is 0.573 e. The van der Waals surface area contributed by atoms with E-state index < -0.39 is 46.5 Å². The fourth-order valence-corrected chi connectivity index (χ4v) is 1.37. The van der Waals surface area contributed by atoms with Gasteiger partial charge in [0.2, 0.25) is 11.4 Å². The summed E-state index contributed by atoms with van der Waals surface area (Å²) in [6.07, 6.45) is -8.79. The van der Waals surface area contributed by atoms with Crippen LogP contribution in [-0.2, 0) is 4.74 Å². The smallest absolute Gasteiger partial charge is 0.462 e. The third-order valence-corrected chi connectivity index (χ3v) is 2.10. The van der Waals surface area contributed by atoms with E-state index in [-0.39, 0.29) is 12.7 Å². The van der Waals surface area contributed by atoms with Crippen molar-refractivity contribution in [2.45, 2.75) is 19.7 Å². The number of aromatic nitrogens is 1. The van der Waals surface area contributed by atoms with Gasteiger partial charge in [0.05, 0.1) is 6.61 Å². The van der Waals surface area contributed by atoms with Crippen LogP contribution in [0.5, 0.6) is 5.75 Å². The van der Waals surface area contributed by atoms with Crippen molar-refractivity contribution in [3.05, 3.63) is 27.4 Å². The van der Waals surface area contributed by atoms with Crippen molar-refractivity contribution in [3.63, 3.8) is 0 Å². The lowest BCUT2D eigenvalue weighted by molar-refractivity contribution is -0.393. The lowest BCUT2D eigenvalue weighted by Crippen LogP contribution is -2.20. The number of carbonyl (C=O) groups excluding carboxylic acids is 1. The maximum absolute atomic E-state index is 12.8. The highest BCUT2D eigenvalue weighted by atomic mass is 19.4. The molecule has 22 heavy (non-hydrogen) atoms. The highest BCUT2D eigenvalue weighted by Gasteiger charge is 2.38. The Morgan fingerprint density at radius 2 is 2.05 bits per heavy atom. The molecule has 0 saturated carbocycles. The first-order chi connectivity index (χ1) is 10.1. The van der Waals surface area contributed by atoms with Crippen molar-refractivity contribution in [2.75, 3.05) is 6.61 Å². The second kappa shape index (κ2) is 6.49. The predicted molar refractivity (Wildman–Crippen MR) is 58.5 cm³/mol. The molecular weight excluding hydrogens is 323 g/mol. The Morgan fingerprint density at radius 3 is 2.45 bits per heavy atom. The summed E-state index contributed by atoms with van der Waals surface area (Å²) in [5, 5.41) is 10.6. The normalized spacial score (nSPS) is 11.4. The largest absolute Gasteiger partial charge is 0.573 e. The topological polar surface area (TPSA) is 91.6 Å². The van der Waals surface area contributed by atoms with Crippen LogP contribution in [0.3, 0.4) is 0 Å². The summed E-state index contributed by atoms with van der Waals surface area (Å²) in [5.41, 5.74) is -2.43. The molecule has 7 nitrogen and oxygen atoms in total. The van der Waals surface area contributed by atoms with Crippen molar-refractivity contribution in [1.82, 2.24) is 4.98 Å². The standard InChI is InChI=1S/C10H7F5N2O5/c1-2-21-9(18)4-3-5(22-10(13,14)15)8(17(19)20)16-6(4)7(11)12/h3,7H,2H2,1H3. The Kier molecular flexibility index (Phi) is 5.17. The number of alkyl halides is 5. The number of nitrogens with zero attached hydrogens (tertiary/aromatic N) is 2. The number of hydrogen-bond donors (Lipinski definition) is 0. The van der Waals surface area contributed by atoms with Crippen LogP contribution in [-0.4, -0.2) is 28.8 Å². The van der Waals surface area contributed by atoms with Crippen LogP contribution in [0.1, 0.15) is 29.4 Å². The van der Waals surface area contributed by atoms with E-state index in [2.05, 4.69) is 14.5 Å². The molecule has 0 N–H and O–H groups in total. The highest BCUT2D eigenvalue weighted by Crippen LogP contribution is 2.35. The maximum atomic E-state index is 12.8. The molecule has 1 rings (SSSR count). The van der Waals surface area contributed by atoms with Gasteiger partial charge in [0.15, 0.2) is 0 Å². The predicted octanol–water partition coefficient (Wildman–Crippen LogP) is 3.00. The molecule has 0 bridgehead atoms. The molecule has 0 fully saturated rings. The van der Waals surface area contributed by atoms with Crippen molar-refractivity contribution in [3.8, 4) is 5.75 Å². The lowest BCUT2D eigenvalue weighted by atomic mass is 10.2. The van der Waals surface area contributed by atoms with E-state index in [9.17, 15) is 36.9 Å². The first-order valence-corrected chi connectivity index (χ1v) is 5.47. The Balaban J connectivity index is 3.51. The zero-order valence-corrected chi connectivity index (χ0v) is 10.7. The summed E-state index contributed by atoms with van der Waals surface area (Å²) in [6.45, 7) is 1.07. The molecule has 0 unspecified atom stereocenters. The van der Waals surface area contributed by atoms with Crippen LogP contribution in [0.4, 0.5) is 27.8 Å². The summed E-state index contributed by atoms with van der Waals surface area (Å²) in [5.74, 6) is -4.50. The number of nitro groups is 1. The van der Waals surface area contributed by atoms with Crippen LogP contribution in [0.25, 0.3) is 0 Å². The van der Waals surface area contributed by atoms with Crippen LogP contribution < -0.4 is 4.74 Å². The first kappa shape index (κ1) is 17.5. The van der Waals surface area contributed by atoms with Gasteiger partial charge in [-0.2, -0.15) is 0 Å². The van der Waals surface area contributed by atoms with Crippen LogP contribution in [0.2, 0.25) is 0 Å². The molecule has 0 spiro atoms. The van der Waals surface area contributed by atoms with Gasteiger partial charge in [-0.3, -0.25) is 0 Å². The molecule has 0 aliphatic carbocycles. The third kappa shape index (κ3) is 4.23. The third-order valence-electron chi connectivity index (χ3n) is 2.10. The quantitative estimate of drug-likeness (QED) is 0.357. The molecule has 1 aromatic rings. The van der Waals surface area contributed by atoms with Crippen molar-refractivity contribution >= 4 is 11.8 Å². The Labute approximate surface area is 118 Å². The Hall–Kier alpha value is -2.53. The van der Waals surface area contributed by atoms with Crippen molar-refractivity contribution in [2.24, 2.45) is 0 Å². The second-order valence-corrected chi connectivity index (χ2v) is 3.57. The summed E-state index contributed by atoms with van der Waals surface area (Å²) < 4.78 is 69.9. The zero-order valence-electron chi connectivity index (χ0n) is 10.7. The van der Waals surface area contributed by atoms with Crippen LogP contribution in [0, 0.1) is 10.1 Å². The number of pyridine rings is 1. The molecule has 0 aliphatic heterocycles. The molecular formula is C10H7F5N2O5. The highest BCUT2D eigenvalue weighted by molar-refractivity contribution is 5.91. The van der Waals surface area contributed by atoms with Crippen LogP contribution in [0.15, 0.2) is 6.07 Å². The Morgan fingerprint density at radius 1 is 1.45 bits per heavy atom. The number of esters is 1. The summed E-state index contributed by atoms with van der Waals surface area (Å²) in [7, 11) is 0. The fourth-order valence-electron chi connectivity index (χ4n) is 1.37. The van der Waals surface area contributed by atoms with E-state index in [0.29, 0.717) is 0 Å². The van der Waals surface area contributed by atoms with Crippen LogP contribution >= 0.6 is 0 Å². The number of halogens is 5. The Bertz CT molecular complexity index is 590. The SMILES string of the molecule is CCOC(=O)c1cc(OC(F)(F)F)c([N+](=O)[O-])nc1C(F)F. The monoisotopic (exact) mass is 330 g/mol. The van der Waals surface area contributed by atoms with Gasteiger partial charge >= 0.3 is 24.6 Å². The minimum Gasteiger partial charge on any atom is -0.462 e. The summed E-state index contributed by atoms with van der Waals surface area (Å²) in [4.78, 5) is 23.4. The summed E-state index contributed by atoms with van der Waals surface area (Å²) >= 11 is 0. The van der Waals surface area contributed by atoms with E-state index in [0.717, 1.165) is 0 Å². The second-order valence-electron chi connectivity index (χ2n) is 3.57. The fraction of sp³-hybridized carbons (Fsp3) is 0.400. The van der Waals surface area contributed by atoms with E-state index in [1.165, 1.54) is 6.92 Å². The van der Waals surface area contributed by atoms with Gasteiger partial charge in [-0.05, 0) is 16.8 Å². The molecule has 0 radical (unpaired) electrons. The lowest BCUT2D eigenvalue weighted by Gasteiger charge is -2.11. The average Bonchev–Trinajstić information content (AvgIpc) is 2.35. The molecule has 0 amide bonds. The van der Waals surface area contributed by atoms with Gasteiger partial charge in [0.1, 0.15) is 5.56 Å². The summed E-state index contributed by atoms with van der Waals surface area (Å²) in [6, 6.07) is 0.151. The van der Waals surface area contributed by atoms with E-state index in [1.807, 2.05) is 0 Å². The van der Waals surface area contributed by atoms with Gasteiger partial charge in [0, 0.05) is 6.07 Å². The van der Waals surface area contributed by atoms with Gasteiger partial charge < -0.3 is 19.6 Å². The van der Waals surface area contributed by atoms with Crippen molar-refractivity contribution in [1.29, 1.82) is 0 Å². The number of rotatable bonds is 5. The zero-order chi connectivity index (χ0) is 17.1. The van der Waals surface area contributed by atoms with E-state index in [1.54, 1.807) is 0 Å². The molecule has 12 heteroatoms. The molecule has 122 valence electrons. The van der Waals surface area contributed by atoms with Gasteiger partial charge in [-0.1, -0.05) is 0 Å². The molecule has 0 saturated heterocycles. The number of carbonyl (C=O) groups is 1. The average molecular weight is 330 g/mol. The van der Waals surface area contributed by atoms with Crippen molar-refractivity contribution < 1.29 is 41.1 Å². The number of ether oxygens (including phenoxy) is 2. The molecule has 0 aromatic carbocycles. The first-order valence-electron chi connectivity index (χ1n) is 5.47. The number of hydrogen-bond acceptors (Lipinski definition) is 6. The van der Waals surface area contributed by atoms with Gasteiger partial charge in [-0.25, -0.2) is 13.6 Å². The van der Waals surface area contributed by atoms with Gasteiger partial charge in [0.25, 0.3) is 0 Å². The van der Waals surface area contributed by atoms with E-state index in [4.69, 9.17) is 0 Å². The van der Waals surface area contributed by atoms with E-state index >= 15 is 0 Å². The molecule has 1 heterocycles. The minimum atomic E-state index is -5.34. The molecule has 0 aliphatic rings. The minimum absolute atomic E-state index is 0.151. The van der Waals surface area contributed by atoms with Gasteiger partial charge in [-0.15, -0.1) is 13.2 Å². The molecule has 0 atom stereocenters.